The van der Waals surface area contributed by atoms with Crippen molar-refractivity contribution in [1.82, 2.24) is 9.13 Å². The Morgan fingerprint density at radius 2 is 1.70 bits per heavy atom. The summed E-state index contributed by atoms with van der Waals surface area (Å²) in [6.45, 7) is 1.80. The molecule has 0 aliphatic carbocycles. The second kappa shape index (κ2) is 6.92. The van der Waals surface area contributed by atoms with Crippen molar-refractivity contribution in [2.75, 3.05) is 6.61 Å². The fourth-order valence-electron chi connectivity index (χ4n) is 2.73. The topological polar surface area (TPSA) is 96.6 Å². The maximum Gasteiger partial charge on any atom is 0.341 e. The lowest BCUT2D eigenvalue weighted by molar-refractivity contribution is 0.0524. The number of esters is 1. The van der Waals surface area contributed by atoms with Crippen LogP contribution in [-0.4, -0.2) is 30.1 Å². The maximum absolute atomic E-state index is 12.7. The van der Waals surface area contributed by atoms with Gasteiger partial charge >= 0.3 is 21.8 Å². The largest absolute Gasteiger partial charge is 0.462 e. The Balaban J connectivity index is 2.04. The molecule has 0 N–H and O–H groups in total. The van der Waals surface area contributed by atoms with Gasteiger partial charge in [0, 0.05) is 14.1 Å². The van der Waals surface area contributed by atoms with Crippen molar-refractivity contribution >= 4 is 27.1 Å². The van der Waals surface area contributed by atoms with Gasteiger partial charge < -0.3 is 8.92 Å². The van der Waals surface area contributed by atoms with Gasteiger partial charge in [0.2, 0.25) is 0 Å². The van der Waals surface area contributed by atoms with E-state index in [2.05, 4.69) is 0 Å². The number of hydrogen-bond donors (Lipinski definition) is 0. The van der Waals surface area contributed by atoms with E-state index < -0.39 is 16.1 Å². The molecule has 0 aliphatic rings. The molecular formula is C18H18N2O6S. The summed E-state index contributed by atoms with van der Waals surface area (Å²) in [5, 5.41) is 0. The maximum atomic E-state index is 12.7. The molecule has 0 atom stereocenters. The summed E-state index contributed by atoms with van der Waals surface area (Å²) in [7, 11) is -1.07. The van der Waals surface area contributed by atoms with Gasteiger partial charge in [0.1, 0.15) is 10.5 Å². The fraction of sp³-hybridized carbons (Fsp3) is 0.222. The quantitative estimate of drug-likeness (QED) is 0.487. The Bertz CT molecular complexity index is 1190. The van der Waals surface area contributed by atoms with Gasteiger partial charge in [0.15, 0.2) is 5.75 Å². The number of imidazole rings is 1. The molecule has 0 saturated heterocycles. The SMILES string of the molecule is CCOC(=O)c1ccccc1OS(=O)(=O)c1ccc2c(c1)n(C)c(=O)n2C. The van der Waals surface area contributed by atoms with Crippen molar-refractivity contribution in [2.45, 2.75) is 11.8 Å². The summed E-state index contributed by atoms with van der Waals surface area (Å²) in [5.41, 5.74) is 0.781. The van der Waals surface area contributed by atoms with E-state index >= 15 is 0 Å². The molecule has 8 nitrogen and oxygen atoms in total. The number of ether oxygens (including phenoxy) is 1. The average Bonchev–Trinajstić information content (AvgIpc) is 2.86. The number of nitrogens with zero attached hydrogens (tertiary/aromatic N) is 2. The van der Waals surface area contributed by atoms with Crippen LogP contribution in [-0.2, 0) is 29.0 Å². The summed E-state index contributed by atoms with van der Waals surface area (Å²) >= 11 is 0. The zero-order valence-corrected chi connectivity index (χ0v) is 15.8. The van der Waals surface area contributed by atoms with Crippen LogP contribution >= 0.6 is 0 Å². The molecule has 3 aromatic rings. The number of benzene rings is 2. The number of hydrogen-bond acceptors (Lipinski definition) is 6. The minimum atomic E-state index is -4.23. The van der Waals surface area contributed by atoms with Gasteiger partial charge in [-0.3, -0.25) is 9.13 Å². The highest BCUT2D eigenvalue weighted by Crippen LogP contribution is 2.25. The summed E-state index contributed by atoms with van der Waals surface area (Å²) in [4.78, 5) is 23.9. The number of carbonyl (C=O) groups is 1. The third kappa shape index (κ3) is 3.33. The standard InChI is InChI=1S/C18H18N2O6S/c1-4-25-17(21)13-7-5-6-8-16(13)26-27(23,24)12-9-10-14-15(11-12)20(3)18(22)19(14)2/h5-11H,4H2,1-3H3. The Morgan fingerprint density at radius 3 is 2.41 bits per heavy atom. The van der Waals surface area contributed by atoms with Crippen LogP contribution in [0.25, 0.3) is 11.0 Å². The number of carbonyl (C=O) groups excluding carboxylic acids is 1. The van der Waals surface area contributed by atoms with Crippen molar-refractivity contribution in [2.24, 2.45) is 14.1 Å². The predicted molar refractivity (Wildman–Crippen MR) is 98.4 cm³/mol. The normalized spacial score (nSPS) is 11.5. The van der Waals surface area contributed by atoms with Crippen molar-refractivity contribution < 1.29 is 22.1 Å². The lowest BCUT2D eigenvalue weighted by Crippen LogP contribution is -2.19. The van der Waals surface area contributed by atoms with Crippen molar-refractivity contribution in [1.29, 1.82) is 0 Å². The van der Waals surface area contributed by atoms with Gasteiger partial charge in [-0.1, -0.05) is 12.1 Å². The second-order valence-corrected chi connectivity index (χ2v) is 7.35. The van der Waals surface area contributed by atoms with Crippen LogP contribution in [0.5, 0.6) is 5.75 Å². The first-order chi connectivity index (χ1) is 12.8. The molecule has 9 heteroatoms. The highest BCUT2D eigenvalue weighted by molar-refractivity contribution is 7.87. The Kier molecular flexibility index (Phi) is 4.79. The summed E-state index contributed by atoms with van der Waals surface area (Å²) in [6.07, 6.45) is 0. The van der Waals surface area contributed by atoms with Gasteiger partial charge in [-0.2, -0.15) is 8.42 Å². The Morgan fingerprint density at radius 1 is 1.04 bits per heavy atom. The molecule has 0 radical (unpaired) electrons. The highest BCUT2D eigenvalue weighted by Gasteiger charge is 2.23. The van der Waals surface area contributed by atoms with E-state index in [1.54, 1.807) is 33.2 Å². The van der Waals surface area contributed by atoms with E-state index in [4.69, 9.17) is 8.92 Å². The first-order valence-corrected chi connectivity index (χ1v) is 9.53. The molecule has 0 unspecified atom stereocenters. The van der Waals surface area contributed by atoms with Gasteiger partial charge in [0.25, 0.3) is 0 Å². The first kappa shape index (κ1) is 18.7. The second-order valence-electron chi connectivity index (χ2n) is 5.81. The molecule has 0 amide bonds. The molecule has 0 bridgehead atoms. The highest BCUT2D eigenvalue weighted by atomic mass is 32.2. The van der Waals surface area contributed by atoms with Crippen LogP contribution in [0, 0.1) is 0 Å². The van der Waals surface area contributed by atoms with Gasteiger partial charge in [-0.15, -0.1) is 0 Å². The van der Waals surface area contributed by atoms with Gasteiger partial charge in [0.05, 0.1) is 17.6 Å². The zero-order chi connectivity index (χ0) is 19.8. The fourth-order valence-corrected chi connectivity index (χ4v) is 3.69. The molecule has 1 heterocycles. The van der Waals surface area contributed by atoms with E-state index in [1.165, 1.54) is 39.5 Å². The minimum Gasteiger partial charge on any atom is -0.462 e. The molecule has 2 aromatic carbocycles. The molecule has 27 heavy (non-hydrogen) atoms. The van der Waals surface area contributed by atoms with Crippen molar-refractivity contribution in [3.05, 3.63) is 58.5 Å². The Hall–Kier alpha value is -3.07. The smallest absolute Gasteiger partial charge is 0.341 e. The molecule has 0 fully saturated rings. The van der Waals surface area contributed by atoms with Crippen LogP contribution in [0.3, 0.4) is 0 Å². The van der Waals surface area contributed by atoms with Crippen LogP contribution < -0.4 is 9.87 Å². The van der Waals surface area contributed by atoms with E-state index in [0.29, 0.717) is 11.0 Å². The molecule has 0 saturated carbocycles. The van der Waals surface area contributed by atoms with E-state index in [0.717, 1.165) is 0 Å². The van der Waals surface area contributed by atoms with Crippen LogP contribution in [0.1, 0.15) is 17.3 Å². The van der Waals surface area contributed by atoms with E-state index in [9.17, 15) is 18.0 Å². The number of aromatic nitrogens is 2. The van der Waals surface area contributed by atoms with Crippen molar-refractivity contribution in [3.63, 3.8) is 0 Å². The van der Waals surface area contributed by atoms with E-state index in [-0.39, 0.29) is 28.5 Å². The number of rotatable bonds is 5. The molecule has 142 valence electrons. The molecule has 1 aromatic heterocycles. The molecule has 0 aliphatic heterocycles. The van der Waals surface area contributed by atoms with Crippen LogP contribution in [0.4, 0.5) is 0 Å². The molecule has 0 spiro atoms. The van der Waals surface area contributed by atoms with Crippen LogP contribution in [0.15, 0.2) is 52.2 Å². The van der Waals surface area contributed by atoms with Gasteiger partial charge in [-0.05, 0) is 37.3 Å². The third-order valence-electron chi connectivity index (χ3n) is 4.11. The Labute approximate surface area is 155 Å². The summed E-state index contributed by atoms with van der Waals surface area (Å²) in [6, 6.07) is 10.2. The number of aryl methyl sites for hydroxylation is 2. The van der Waals surface area contributed by atoms with Crippen LogP contribution in [0.2, 0.25) is 0 Å². The molecule has 3 rings (SSSR count). The molecular weight excluding hydrogens is 372 g/mol. The lowest BCUT2D eigenvalue weighted by atomic mass is 10.2. The first-order valence-electron chi connectivity index (χ1n) is 8.12. The number of fused-ring (bicyclic) bond motifs is 1. The predicted octanol–water partition coefficient (Wildman–Crippen LogP) is 1.82. The summed E-state index contributed by atoms with van der Waals surface area (Å²) in [5.74, 6) is -0.804. The van der Waals surface area contributed by atoms with Gasteiger partial charge in [-0.25, -0.2) is 9.59 Å². The zero-order valence-electron chi connectivity index (χ0n) is 15.0. The third-order valence-corrected chi connectivity index (χ3v) is 5.34. The van der Waals surface area contributed by atoms with E-state index in [1.807, 2.05) is 0 Å². The lowest BCUT2D eigenvalue weighted by Gasteiger charge is -2.11. The summed E-state index contributed by atoms with van der Waals surface area (Å²) < 4.78 is 38.3. The van der Waals surface area contributed by atoms with Crippen molar-refractivity contribution in [3.8, 4) is 5.75 Å². The minimum absolute atomic E-state index is 0.0103. The average molecular weight is 390 g/mol. The monoisotopic (exact) mass is 390 g/mol. The number of para-hydroxylation sites is 1.